The SMILES string of the molecule is CN(COO)COO. The van der Waals surface area contributed by atoms with Crippen molar-refractivity contribution >= 4 is 0 Å². The van der Waals surface area contributed by atoms with Crippen molar-refractivity contribution in [2.24, 2.45) is 0 Å². The third kappa shape index (κ3) is 3.97. The molecule has 0 fully saturated rings. The van der Waals surface area contributed by atoms with Crippen molar-refractivity contribution in [3.05, 3.63) is 0 Å². The van der Waals surface area contributed by atoms with Crippen molar-refractivity contribution < 1.29 is 20.3 Å². The molecular formula is C3H9NO4. The fraction of sp³-hybridized carbons (Fsp3) is 1.00. The fourth-order valence-corrected chi connectivity index (χ4v) is 0.234. The fourth-order valence-electron chi connectivity index (χ4n) is 0.234. The highest BCUT2D eigenvalue weighted by Crippen LogP contribution is 1.79. The molecule has 0 heterocycles. The van der Waals surface area contributed by atoms with E-state index in [0.29, 0.717) is 0 Å². The summed E-state index contributed by atoms with van der Waals surface area (Å²) in [5.74, 6) is 0. The molecule has 0 saturated carbocycles. The van der Waals surface area contributed by atoms with Gasteiger partial charge in [0.2, 0.25) is 0 Å². The van der Waals surface area contributed by atoms with Crippen molar-refractivity contribution in [3.63, 3.8) is 0 Å². The standard InChI is InChI=1S/C3H9NO4/c1-4(2-7-5)3-8-6/h5-6H,2-3H2,1H3. The molecule has 0 atom stereocenters. The summed E-state index contributed by atoms with van der Waals surface area (Å²) in [5, 5.41) is 15.6. The molecule has 0 aliphatic carbocycles. The summed E-state index contributed by atoms with van der Waals surface area (Å²) in [6, 6.07) is 0. The Hall–Kier alpha value is -0.200. The molecule has 0 bridgehead atoms. The van der Waals surface area contributed by atoms with Crippen LogP contribution >= 0.6 is 0 Å². The van der Waals surface area contributed by atoms with E-state index >= 15 is 0 Å². The Kier molecular flexibility index (Phi) is 4.82. The Morgan fingerprint density at radius 3 is 1.88 bits per heavy atom. The van der Waals surface area contributed by atoms with Gasteiger partial charge in [0.25, 0.3) is 0 Å². The first-order valence-electron chi connectivity index (χ1n) is 2.02. The monoisotopic (exact) mass is 123 g/mol. The molecule has 0 aromatic heterocycles. The van der Waals surface area contributed by atoms with E-state index in [4.69, 9.17) is 10.5 Å². The Morgan fingerprint density at radius 1 is 1.25 bits per heavy atom. The number of nitrogens with zero attached hydrogens (tertiary/aromatic N) is 1. The highest BCUT2D eigenvalue weighted by molar-refractivity contribution is 4.25. The molecule has 5 heteroatoms. The van der Waals surface area contributed by atoms with Gasteiger partial charge in [-0.25, -0.2) is 9.78 Å². The Balaban J connectivity index is 2.92. The molecule has 0 aromatic carbocycles. The zero-order chi connectivity index (χ0) is 6.41. The molecule has 8 heavy (non-hydrogen) atoms. The second-order valence-corrected chi connectivity index (χ2v) is 1.37. The van der Waals surface area contributed by atoms with Crippen LogP contribution in [-0.4, -0.2) is 35.9 Å². The highest BCUT2D eigenvalue weighted by Gasteiger charge is 1.93. The van der Waals surface area contributed by atoms with E-state index in [1.54, 1.807) is 7.05 Å². The average molecular weight is 123 g/mol. The van der Waals surface area contributed by atoms with Gasteiger partial charge in [-0.2, -0.15) is 0 Å². The summed E-state index contributed by atoms with van der Waals surface area (Å²) in [6.45, 7) is 0.0289. The Bertz CT molecular complexity index is 44.5. The largest absolute Gasteiger partial charge is 0.255 e. The lowest BCUT2D eigenvalue weighted by molar-refractivity contribution is -0.307. The van der Waals surface area contributed by atoms with Crippen LogP contribution in [0.4, 0.5) is 0 Å². The van der Waals surface area contributed by atoms with Gasteiger partial charge < -0.3 is 0 Å². The lowest BCUT2D eigenvalue weighted by Gasteiger charge is -2.09. The smallest absolute Gasteiger partial charge is 0.136 e. The molecule has 0 aromatic rings. The minimum atomic E-state index is 0.0144. The van der Waals surface area contributed by atoms with Gasteiger partial charge in [-0.15, -0.1) is 0 Å². The number of rotatable bonds is 4. The molecule has 0 aliphatic heterocycles. The van der Waals surface area contributed by atoms with Crippen molar-refractivity contribution in [3.8, 4) is 0 Å². The summed E-state index contributed by atoms with van der Waals surface area (Å²) in [5.41, 5.74) is 0. The van der Waals surface area contributed by atoms with Gasteiger partial charge in [-0.05, 0) is 7.05 Å². The Morgan fingerprint density at radius 2 is 1.62 bits per heavy atom. The van der Waals surface area contributed by atoms with Gasteiger partial charge in [-0.3, -0.25) is 15.4 Å². The van der Waals surface area contributed by atoms with E-state index in [-0.39, 0.29) is 13.5 Å². The quantitative estimate of drug-likeness (QED) is 0.308. The van der Waals surface area contributed by atoms with Crippen molar-refractivity contribution in [2.75, 3.05) is 20.5 Å². The van der Waals surface area contributed by atoms with Crippen molar-refractivity contribution in [1.29, 1.82) is 0 Å². The second kappa shape index (κ2) is 4.95. The van der Waals surface area contributed by atoms with E-state index in [1.165, 1.54) is 4.90 Å². The van der Waals surface area contributed by atoms with Crippen molar-refractivity contribution in [2.45, 2.75) is 0 Å². The van der Waals surface area contributed by atoms with Crippen molar-refractivity contribution in [1.82, 2.24) is 4.90 Å². The minimum absolute atomic E-state index is 0.0144. The van der Waals surface area contributed by atoms with Gasteiger partial charge in [0.1, 0.15) is 13.5 Å². The molecule has 0 aliphatic rings. The van der Waals surface area contributed by atoms with Crippen LogP contribution in [0, 0.1) is 0 Å². The molecule has 2 N–H and O–H groups in total. The maximum Gasteiger partial charge on any atom is 0.136 e. The summed E-state index contributed by atoms with van der Waals surface area (Å²) in [7, 11) is 1.60. The molecule has 0 saturated heterocycles. The lowest BCUT2D eigenvalue weighted by atomic mass is 10.9. The van der Waals surface area contributed by atoms with Gasteiger partial charge in [0, 0.05) is 0 Å². The molecule has 0 spiro atoms. The topological polar surface area (TPSA) is 62.2 Å². The summed E-state index contributed by atoms with van der Waals surface area (Å²) in [4.78, 5) is 8.80. The van der Waals surface area contributed by atoms with E-state index in [9.17, 15) is 0 Å². The second-order valence-electron chi connectivity index (χ2n) is 1.37. The van der Waals surface area contributed by atoms with Crippen LogP contribution in [-0.2, 0) is 9.78 Å². The first-order chi connectivity index (χ1) is 3.81. The molecule has 0 rings (SSSR count). The van der Waals surface area contributed by atoms with Crippen LogP contribution in [0.2, 0.25) is 0 Å². The van der Waals surface area contributed by atoms with Gasteiger partial charge in [-0.1, -0.05) is 0 Å². The third-order valence-electron chi connectivity index (χ3n) is 0.556. The van der Waals surface area contributed by atoms with Crippen LogP contribution in [0.25, 0.3) is 0 Å². The predicted octanol–water partition coefficient (Wildman–Crippen LogP) is -0.188. The van der Waals surface area contributed by atoms with Crippen LogP contribution in [0.15, 0.2) is 0 Å². The molecular weight excluding hydrogens is 114 g/mol. The Labute approximate surface area is 46.9 Å². The summed E-state index contributed by atoms with van der Waals surface area (Å²) >= 11 is 0. The maximum absolute atomic E-state index is 7.78. The van der Waals surface area contributed by atoms with E-state index < -0.39 is 0 Å². The van der Waals surface area contributed by atoms with Crippen LogP contribution in [0.1, 0.15) is 0 Å². The number of hydrogen-bond donors (Lipinski definition) is 2. The normalized spacial score (nSPS) is 10.5. The lowest BCUT2D eigenvalue weighted by Crippen LogP contribution is -2.23. The van der Waals surface area contributed by atoms with Crippen LogP contribution < -0.4 is 0 Å². The zero-order valence-electron chi connectivity index (χ0n) is 4.57. The molecule has 50 valence electrons. The van der Waals surface area contributed by atoms with Gasteiger partial charge in [0.05, 0.1) is 0 Å². The average Bonchev–Trinajstić information content (AvgIpc) is 1.68. The zero-order valence-corrected chi connectivity index (χ0v) is 4.57. The predicted molar refractivity (Wildman–Crippen MR) is 24.9 cm³/mol. The van der Waals surface area contributed by atoms with Gasteiger partial charge >= 0.3 is 0 Å². The summed E-state index contributed by atoms with van der Waals surface area (Å²) < 4.78 is 0. The molecule has 0 radical (unpaired) electrons. The highest BCUT2D eigenvalue weighted by atomic mass is 17.1. The molecule has 0 unspecified atom stereocenters. The molecule has 0 amide bonds. The summed E-state index contributed by atoms with van der Waals surface area (Å²) in [6.07, 6.45) is 0. The van der Waals surface area contributed by atoms with E-state index in [0.717, 1.165) is 0 Å². The number of hydrogen-bond acceptors (Lipinski definition) is 5. The maximum atomic E-state index is 7.78. The van der Waals surface area contributed by atoms with E-state index in [2.05, 4.69) is 9.78 Å². The third-order valence-corrected chi connectivity index (χ3v) is 0.556. The van der Waals surface area contributed by atoms with Crippen LogP contribution in [0.5, 0.6) is 0 Å². The van der Waals surface area contributed by atoms with E-state index in [1.807, 2.05) is 0 Å². The molecule has 5 nitrogen and oxygen atoms in total. The minimum Gasteiger partial charge on any atom is -0.255 e. The van der Waals surface area contributed by atoms with Gasteiger partial charge in [0.15, 0.2) is 0 Å². The van der Waals surface area contributed by atoms with Crippen LogP contribution in [0.3, 0.4) is 0 Å². The first kappa shape index (κ1) is 7.80. The first-order valence-corrected chi connectivity index (χ1v) is 2.02.